The van der Waals surface area contributed by atoms with E-state index in [1.165, 1.54) is 28.0 Å². The molecule has 1 aromatic carbocycles. The fourth-order valence-electron chi connectivity index (χ4n) is 2.20. The van der Waals surface area contributed by atoms with E-state index in [1.54, 1.807) is 17.7 Å². The van der Waals surface area contributed by atoms with Gasteiger partial charge in [-0.3, -0.25) is 14.5 Å². The van der Waals surface area contributed by atoms with E-state index < -0.39 is 0 Å². The van der Waals surface area contributed by atoms with Crippen LogP contribution in [0.1, 0.15) is 12.0 Å². The van der Waals surface area contributed by atoms with Crippen LogP contribution in [0.5, 0.6) is 0 Å². The molecule has 5 nitrogen and oxygen atoms in total. The smallest absolute Gasteiger partial charge is 0.266 e. The minimum Gasteiger partial charge on any atom is -0.302 e. The van der Waals surface area contributed by atoms with Crippen molar-refractivity contribution in [2.24, 2.45) is 0 Å². The van der Waals surface area contributed by atoms with Gasteiger partial charge in [0.1, 0.15) is 4.32 Å². The SMILES string of the molecule is O=C(CCN1C(=O)/C(=C\C=C/c2ccccc2)SC1=S)Nc1nccs1. The summed E-state index contributed by atoms with van der Waals surface area (Å²) in [6.07, 6.45) is 7.29. The molecule has 1 aromatic heterocycles. The summed E-state index contributed by atoms with van der Waals surface area (Å²) in [5, 5.41) is 5.02. The normalized spacial score (nSPS) is 16.0. The Hall–Kier alpha value is -2.29. The monoisotopic (exact) mass is 401 g/mol. The van der Waals surface area contributed by atoms with Crippen LogP contribution in [-0.2, 0) is 9.59 Å². The number of nitrogens with one attached hydrogen (secondary N) is 1. The topological polar surface area (TPSA) is 62.3 Å². The Morgan fingerprint density at radius 3 is 2.85 bits per heavy atom. The van der Waals surface area contributed by atoms with E-state index in [4.69, 9.17) is 12.2 Å². The predicted molar refractivity (Wildman–Crippen MR) is 111 cm³/mol. The molecule has 1 aliphatic heterocycles. The van der Waals surface area contributed by atoms with Gasteiger partial charge in [-0.05, 0) is 11.6 Å². The lowest BCUT2D eigenvalue weighted by atomic mass is 10.2. The van der Waals surface area contributed by atoms with Crippen LogP contribution in [0, 0.1) is 0 Å². The van der Waals surface area contributed by atoms with Crippen LogP contribution in [0.3, 0.4) is 0 Å². The Labute approximate surface area is 164 Å². The number of benzene rings is 1. The van der Waals surface area contributed by atoms with Crippen molar-refractivity contribution in [3.05, 3.63) is 64.5 Å². The molecule has 1 saturated heterocycles. The lowest BCUT2D eigenvalue weighted by molar-refractivity contribution is -0.122. The van der Waals surface area contributed by atoms with Gasteiger partial charge in [0.15, 0.2) is 5.13 Å². The molecule has 0 spiro atoms. The molecular formula is C18H15N3O2S3. The van der Waals surface area contributed by atoms with Crippen molar-refractivity contribution in [3.8, 4) is 0 Å². The summed E-state index contributed by atoms with van der Waals surface area (Å²) >= 11 is 7.87. The molecule has 3 rings (SSSR count). The fourth-order valence-corrected chi connectivity index (χ4v) is 4.00. The van der Waals surface area contributed by atoms with E-state index in [2.05, 4.69) is 10.3 Å². The molecule has 0 bridgehead atoms. The van der Waals surface area contributed by atoms with Crippen LogP contribution >= 0.6 is 35.3 Å². The number of thiocarbonyl (C=S) groups is 1. The number of allylic oxidation sites excluding steroid dienone is 2. The van der Waals surface area contributed by atoms with Crippen LogP contribution in [0.4, 0.5) is 5.13 Å². The number of anilines is 1. The molecule has 26 heavy (non-hydrogen) atoms. The van der Waals surface area contributed by atoms with Gasteiger partial charge in [-0.15, -0.1) is 11.3 Å². The third-order valence-electron chi connectivity index (χ3n) is 3.45. The first-order chi connectivity index (χ1) is 12.6. The fraction of sp³-hybridized carbons (Fsp3) is 0.111. The summed E-state index contributed by atoms with van der Waals surface area (Å²) in [7, 11) is 0. The number of amides is 2. The number of rotatable bonds is 6. The maximum Gasteiger partial charge on any atom is 0.266 e. The zero-order valence-electron chi connectivity index (χ0n) is 13.6. The van der Waals surface area contributed by atoms with Crippen molar-refractivity contribution in [1.29, 1.82) is 0 Å². The molecule has 0 aliphatic carbocycles. The van der Waals surface area contributed by atoms with Crippen LogP contribution in [0.2, 0.25) is 0 Å². The Balaban J connectivity index is 1.55. The highest BCUT2D eigenvalue weighted by Crippen LogP contribution is 2.31. The first-order valence-electron chi connectivity index (χ1n) is 7.80. The van der Waals surface area contributed by atoms with E-state index >= 15 is 0 Å². The van der Waals surface area contributed by atoms with Crippen LogP contribution < -0.4 is 5.32 Å². The summed E-state index contributed by atoms with van der Waals surface area (Å²) in [6.45, 7) is 0.252. The van der Waals surface area contributed by atoms with E-state index in [1.807, 2.05) is 42.5 Å². The highest BCUT2D eigenvalue weighted by Gasteiger charge is 2.31. The number of hydrogen-bond acceptors (Lipinski definition) is 6. The largest absolute Gasteiger partial charge is 0.302 e. The van der Waals surface area contributed by atoms with Gasteiger partial charge in [0.25, 0.3) is 5.91 Å². The highest BCUT2D eigenvalue weighted by molar-refractivity contribution is 8.26. The maximum absolute atomic E-state index is 12.5. The van der Waals surface area contributed by atoms with Crippen molar-refractivity contribution < 1.29 is 9.59 Å². The molecule has 0 unspecified atom stereocenters. The Kier molecular flexibility index (Phi) is 6.32. The third kappa shape index (κ3) is 4.87. The second-order valence-corrected chi connectivity index (χ2v) is 7.83. The van der Waals surface area contributed by atoms with E-state index in [9.17, 15) is 9.59 Å². The predicted octanol–water partition coefficient (Wildman–Crippen LogP) is 3.93. The molecule has 2 heterocycles. The molecule has 1 aliphatic rings. The number of carbonyl (C=O) groups is 2. The number of thiazole rings is 1. The molecular weight excluding hydrogens is 386 g/mol. The zero-order chi connectivity index (χ0) is 18.4. The molecule has 0 atom stereocenters. The Morgan fingerprint density at radius 2 is 2.12 bits per heavy atom. The molecule has 1 fully saturated rings. The third-order valence-corrected chi connectivity index (χ3v) is 5.54. The first-order valence-corrected chi connectivity index (χ1v) is 9.90. The Morgan fingerprint density at radius 1 is 1.31 bits per heavy atom. The minimum atomic E-state index is -0.193. The maximum atomic E-state index is 12.5. The van der Waals surface area contributed by atoms with Gasteiger partial charge in [-0.1, -0.05) is 66.5 Å². The molecule has 0 saturated carbocycles. The van der Waals surface area contributed by atoms with Crippen LogP contribution in [0.15, 0.2) is 59.0 Å². The van der Waals surface area contributed by atoms with Gasteiger partial charge in [0.05, 0.1) is 4.91 Å². The first kappa shape index (κ1) is 18.5. The second-order valence-electron chi connectivity index (χ2n) is 5.26. The number of hydrogen-bond donors (Lipinski definition) is 1. The van der Waals surface area contributed by atoms with Crippen LogP contribution in [0.25, 0.3) is 6.08 Å². The van der Waals surface area contributed by atoms with Gasteiger partial charge in [0.2, 0.25) is 5.91 Å². The molecule has 8 heteroatoms. The van der Waals surface area contributed by atoms with Gasteiger partial charge in [-0.25, -0.2) is 4.98 Å². The summed E-state index contributed by atoms with van der Waals surface area (Å²) in [5.41, 5.74) is 1.05. The average Bonchev–Trinajstić information content (AvgIpc) is 3.23. The summed E-state index contributed by atoms with van der Waals surface area (Å²) in [4.78, 5) is 30.4. The number of thioether (sulfide) groups is 1. The number of aromatic nitrogens is 1. The lowest BCUT2D eigenvalue weighted by Crippen LogP contribution is -2.31. The van der Waals surface area contributed by atoms with Gasteiger partial charge in [0, 0.05) is 24.5 Å². The molecule has 1 N–H and O–H groups in total. The quantitative estimate of drug-likeness (QED) is 0.587. The summed E-state index contributed by atoms with van der Waals surface area (Å²) < 4.78 is 0.469. The minimum absolute atomic E-state index is 0.166. The lowest BCUT2D eigenvalue weighted by Gasteiger charge is -2.13. The van der Waals surface area contributed by atoms with E-state index in [-0.39, 0.29) is 24.8 Å². The van der Waals surface area contributed by atoms with Gasteiger partial charge in [-0.2, -0.15) is 0 Å². The molecule has 132 valence electrons. The standard InChI is InChI=1S/C18H15N3O2S3/c22-15(20-17-19-10-12-25-17)9-11-21-16(23)14(26-18(21)24)8-4-7-13-5-2-1-3-6-13/h1-8,10,12H,9,11H2,(H,19,20,22)/b7-4-,14-8+. The number of nitrogens with zero attached hydrogens (tertiary/aromatic N) is 2. The van der Waals surface area contributed by atoms with Gasteiger partial charge < -0.3 is 5.32 Å². The Bertz CT molecular complexity index is 861. The van der Waals surface area contributed by atoms with Gasteiger partial charge >= 0.3 is 0 Å². The highest BCUT2D eigenvalue weighted by atomic mass is 32.2. The van der Waals surface area contributed by atoms with Crippen molar-refractivity contribution in [3.63, 3.8) is 0 Å². The molecule has 2 amide bonds. The van der Waals surface area contributed by atoms with Crippen molar-refractivity contribution in [1.82, 2.24) is 9.88 Å². The summed E-state index contributed by atoms with van der Waals surface area (Å²) in [5.74, 6) is -0.360. The molecule has 2 aromatic rings. The zero-order valence-corrected chi connectivity index (χ0v) is 16.1. The van der Waals surface area contributed by atoms with Crippen molar-refractivity contribution in [2.75, 3.05) is 11.9 Å². The van der Waals surface area contributed by atoms with E-state index in [0.717, 1.165) is 5.56 Å². The number of carbonyl (C=O) groups excluding carboxylic acids is 2. The van der Waals surface area contributed by atoms with Crippen LogP contribution in [-0.4, -0.2) is 32.6 Å². The van der Waals surface area contributed by atoms with E-state index in [0.29, 0.717) is 14.4 Å². The van der Waals surface area contributed by atoms with Crippen molar-refractivity contribution >= 4 is 62.7 Å². The average molecular weight is 402 g/mol. The summed E-state index contributed by atoms with van der Waals surface area (Å²) in [6, 6.07) is 9.83. The molecule has 0 radical (unpaired) electrons. The second kappa shape index (κ2) is 8.88. The van der Waals surface area contributed by atoms with Crippen molar-refractivity contribution in [2.45, 2.75) is 6.42 Å².